The molecule has 18 heavy (non-hydrogen) atoms. The average Bonchev–Trinajstić information content (AvgIpc) is 2.40. The Morgan fingerprint density at radius 1 is 1.11 bits per heavy atom. The molecular formula is C15H13NO2. The second-order valence-corrected chi connectivity index (χ2v) is 3.95. The summed E-state index contributed by atoms with van der Waals surface area (Å²) in [5.41, 5.74) is 3.35. The van der Waals surface area contributed by atoms with Gasteiger partial charge in [0.2, 0.25) is 0 Å². The predicted molar refractivity (Wildman–Crippen MR) is 72.4 cm³/mol. The van der Waals surface area contributed by atoms with E-state index in [1.165, 1.54) is 17.7 Å². The second-order valence-electron chi connectivity index (χ2n) is 3.95. The van der Waals surface area contributed by atoms with Crippen molar-refractivity contribution < 1.29 is 4.92 Å². The first-order chi connectivity index (χ1) is 8.72. The maximum atomic E-state index is 10.6. The first kappa shape index (κ1) is 12.0. The van der Waals surface area contributed by atoms with E-state index in [1.807, 2.05) is 30.3 Å². The van der Waals surface area contributed by atoms with E-state index in [1.54, 1.807) is 12.1 Å². The molecule has 0 N–H and O–H groups in total. The number of hydrogen-bond acceptors (Lipinski definition) is 2. The van der Waals surface area contributed by atoms with E-state index in [0.717, 1.165) is 17.5 Å². The molecule has 2 rings (SSSR count). The maximum absolute atomic E-state index is 10.6. The standard InChI is InChI=1S/C15H13NO2/c1-2-5-12-6-3-4-7-15(12)13-8-10-14(11-9-13)16(17)18/h2-4,6-11H,1,5H2. The summed E-state index contributed by atoms with van der Waals surface area (Å²) in [6.07, 6.45) is 2.64. The largest absolute Gasteiger partial charge is 0.269 e. The van der Waals surface area contributed by atoms with Crippen LogP contribution >= 0.6 is 0 Å². The van der Waals surface area contributed by atoms with Crippen LogP contribution in [0.15, 0.2) is 61.2 Å². The maximum Gasteiger partial charge on any atom is 0.269 e. The number of hydrogen-bond donors (Lipinski definition) is 0. The molecule has 3 heteroatoms. The number of nitrogens with zero attached hydrogens (tertiary/aromatic N) is 1. The van der Waals surface area contributed by atoms with Crippen molar-refractivity contribution in [3.05, 3.63) is 76.9 Å². The van der Waals surface area contributed by atoms with E-state index in [0.29, 0.717) is 0 Å². The third-order valence-electron chi connectivity index (χ3n) is 2.77. The van der Waals surface area contributed by atoms with Gasteiger partial charge in [0.1, 0.15) is 0 Å². The van der Waals surface area contributed by atoms with Crippen molar-refractivity contribution in [2.75, 3.05) is 0 Å². The van der Waals surface area contributed by atoms with Crippen LogP contribution in [0, 0.1) is 10.1 Å². The molecule has 0 atom stereocenters. The van der Waals surface area contributed by atoms with Crippen LogP contribution in [0.25, 0.3) is 11.1 Å². The zero-order chi connectivity index (χ0) is 13.0. The molecule has 2 aromatic rings. The molecule has 0 amide bonds. The molecule has 0 bridgehead atoms. The lowest BCUT2D eigenvalue weighted by molar-refractivity contribution is -0.384. The Hall–Kier alpha value is -2.42. The summed E-state index contributed by atoms with van der Waals surface area (Å²) in [5.74, 6) is 0. The molecule has 0 heterocycles. The van der Waals surface area contributed by atoms with Crippen molar-refractivity contribution in [2.45, 2.75) is 6.42 Å². The van der Waals surface area contributed by atoms with Crippen molar-refractivity contribution in [3.63, 3.8) is 0 Å². The van der Waals surface area contributed by atoms with Gasteiger partial charge in [0.05, 0.1) is 4.92 Å². The van der Waals surface area contributed by atoms with Crippen molar-refractivity contribution in [1.29, 1.82) is 0 Å². The Bertz CT molecular complexity index is 573. The summed E-state index contributed by atoms with van der Waals surface area (Å²) in [5, 5.41) is 10.6. The van der Waals surface area contributed by atoms with E-state index in [4.69, 9.17) is 0 Å². The van der Waals surface area contributed by atoms with Crippen LogP contribution in [0.3, 0.4) is 0 Å². The fourth-order valence-electron chi connectivity index (χ4n) is 1.90. The Balaban J connectivity index is 2.42. The second kappa shape index (κ2) is 5.27. The van der Waals surface area contributed by atoms with Crippen molar-refractivity contribution in [3.8, 4) is 11.1 Å². The van der Waals surface area contributed by atoms with Gasteiger partial charge in [0.15, 0.2) is 0 Å². The normalized spacial score (nSPS) is 10.0. The molecule has 0 saturated carbocycles. The fraction of sp³-hybridized carbons (Fsp3) is 0.0667. The quantitative estimate of drug-likeness (QED) is 0.460. The minimum absolute atomic E-state index is 0.111. The van der Waals surface area contributed by atoms with Gasteiger partial charge in [-0.2, -0.15) is 0 Å². The molecule has 0 unspecified atom stereocenters. The van der Waals surface area contributed by atoms with Crippen molar-refractivity contribution in [2.24, 2.45) is 0 Å². The topological polar surface area (TPSA) is 43.1 Å². The van der Waals surface area contributed by atoms with Gasteiger partial charge in [0.25, 0.3) is 5.69 Å². The molecule has 0 aliphatic heterocycles. The minimum Gasteiger partial charge on any atom is -0.258 e. The highest BCUT2D eigenvalue weighted by atomic mass is 16.6. The van der Waals surface area contributed by atoms with E-state index < -0.39 is 0 Å². The number of nitro benzene ring substituents is 1. The van der Waals surface area contributed by atoms with Crippen molar-refractivity contribution >= 4 is 5.69 Å². The summed E-state index contributed by atoms with van der Waals surface area (Å²) in [7, 11) is 0. The van der Waals surface area contributed by atoms with Gasteiger partial charge in [-0.15, -0.1) is 6.58 Å². The van der Waals surface area contributed by atoms with Gasteiger partial charge < -0.3 is 0 Å². The van der Waals surface area contributed by atoms with Crippen LogP contribution in [-0.4, -0.2) is 4.92 Å². The first-order valence-electron chi connectivity index (χ1n) is 5.66. The zero-order valence-electron chi connectivity index (χ0n) is 9.87. The molecular weight excluding hydrogens is 226 g/mol. The van der Waals surface area contributed by atoms with E-state index >= 15 is 0 Å². The third kappa shape index (κ3) is 2.46. The number of allylic oxidation sites excluding steroid dienone is 1. The van der Waals surface area contributed by atoms with Gasteiger partial charge in [-0.1, -0.05) is 30.3 Å². The first-order valence-corrected chi connectivity index (χ1v) is 5.66. The number of non-ortho nitro benzene ring substituents is 1. The number of nitro groups is 1. The van der Waals surface area contributed by atoms with Crippen LogP contribution in [0.2, 0.25) is 0 Å². The minimum atomic E-state index is -0.389. The summed E-state index contributed by atoms with van der Waals surface area (Å²) in [6, 6.07) is 14.6. The fourth-order valence-corrected chi connectivity index (χ4v) is 1.90. The Morgan fingerprint density at radius 3 is 2.39 bits per heavy atom. The molecule has 0 saturated heterocycles. The lowest BCUT2D eigenvalue weighted by Gasteiger charge is -2.07. The SMILES string of the molecule is C=CCc1ccccc1-c1ccc([N+](=O)[O-])cc1. The van der Waals surface area contributed by atoms with Gasteiger partial charge in [-0.25, -0.2) is 0 Å². The van der Waals surface area contributed by atoms with Crippen LogP contribution in [0.5, 0.6) is 0 Å². The third-order valence-corrected chi connectivity index (χ3v) is 2.77. The summed E-state index contributed by atoms with van der Waals surface area (Å²) in [4.78, 5) is 10.2. The molecule has 0 aromatic heterocycles. The van der Waals surface area contributed by atoms with Gasteiger partial charge in [-0.05, 0) is 35.2 Å². The van der Waals surface area contributed by atoms with E-state index in [9.17, 15) is 10.1 Å². The Labute approximate surface area is 106 Å². The summed E-state index contributed by atoms with van der Waals surface area (Å²) >= 11 is 0. The van der Waals surface area contributed by atoms with Crippen LogP contribution in [0.4, 0.5) is 5.69 Å². The highest BCUT2D eigenvalue weighted by Crippen LogP contribution is 2.26. The molecule has 3 nitrogen and oxygen atoms in total. The van der Waals surface area contributed by atoms with Crippen LogP contribution < -0.4 is 0 Å². The molecule has 0 aliphatic carbocycles. The van der Waals surface area contributed by atoms with Gasteiger partial charge in [0, 0.05) is 12.1 Å². The average molecular weight is 239 g/mol. The Morgan fingerprint density at radius 2 is 1.78 bits per heavy atom. The Kier molecular flexibility index (Phi) is 3.53. The smallest absolute Gasteiger partial charge is 0.258 e. The monoisotopic (exact) mass is 239 g/mol. The highest BCUT2D eigenvalue weighted by molar-refractivity contribution is 5.68. The molecule has 0 radical (unpaired) electrons. The molecule has 0 spiro atoms. The molecule has 2 aromatic carbocycles. The summed E-state index contributed by atoms with van der Waals surface area (Å²) in [6.45, 7) is 3.74. The number of benzene rings is 2. The lowest BCUT2D eigenvalue weighted by atomic mass is 9.97. The van der Waals surface area contributed by atoms with E-state index in [2.05, 4.69) is 6.58 Å². The highest BCUT2D eigenvalue weighted by Gasteiger charge is 2.07. The van der Waals surface area contributed by atoms with Gasteiger partial charge >= 0.3 is 0 Å². The zero-order valence-corrected chi connectivity index (χ0v) is 9.87. The molecule has 0 fully saturated rings. The van der Waals surface area contributed by atoms with Gasteiger partial charge in [-0.3, -0.25) is 10.1 Å². The predicted octanol–water partition coefficient (Wildman–Crippen LogP) is 3.99. The molecule has 90 valence electrons. The van der Waals surface area contributed by atoms with E-state index in [-0.39, 0.29) is 10.6 Å². The van der Waals surface area contributed by atoms with Crippen LogP contribution in [0.1, 0.15) is 5.56 Å². The lowest BCUT2D eigenvalue weighted by Crippen LogP contribution is -1.90. The molecule has 0 aliphatic rings. The van der Waals surface area contributed by atoms with Crippen LogP contribution in [-0.2, 0) is 6.42 Å². The van der Waals surface area contributed by atoms with Crippen molar-refractivity contribution in [1.82, 2.24) is 0 Å². The summed E-state index contributed by atoms with van der Waals surface area (Å²) < 4.78 is 0. The number of rotatable bonds is 4.